The van der Waals surface area contributed by atoms with Crippen LogP contribution < -0.4 is 53.0 Å². The molecule has 5 aliphatic heterocycles. The number of H-pyrrole nitrogens is 2. The SMILES string of the molecule is C#CCN(C)Cc1ccc2nc(N)[nH]c(=O)c2c1.CC(=O)[C@H](C)NC(=O)[C@H](C)CC(=O)CCSSCCOC(=O)CC[C@H](NC(=O)c1ccc(C)cc1)C(=O)O.CC[C@@H](C)C(=O)N[C@@H](CNC(=O)CCSSCCOC(=O)NNC(=O)[C@]1(O)[C@H](O)[C@]2(CC)C=CCN3CC[C@@]4(c5cc([C@@]6(COC=O)CC7CN(CCc8c6[nH]c6ccccc86)C[C@](O)(CC)C7)c(OC)cc5N(C)[C@@H]14)[C@@H]32)C(=O)O.O=C=O.O=C=O.O=C=O. The summed E-state index contributed by atoms with van der Waals surface area (Å²) in [5, 5.41) is 69.0. The highest BCUT2D eigenvalue weighted by atomic mass is 33.1. The fourth-order valence-corrected chi connectivity index (χ4v) is 23.3. The van der Waals surface area contributed by atoms with E-state index in [1.54, 1.807) is 65.3 Å². The number of ketones is 2. The molecule has 46 heteroatoms. The van der Waals surface area contributed by atoms with E-state index in [-0.39, 0.29) is 111 Å². The summed E-state index contributed by atoms with van der Waals surface area (Å²) in [5.41, 5.74) is 11.4. The number of carbonyl (C=O) groups is 12. The van der Waals surface area contributed by atoms with Crippen LogP contribution in [-0.2, 0) is 115 Å². The van der Waals surface area contributed by atoms with Gasteiger partial charge in [-0.25, -0.2) is 24.8 Å². The molecule has 1 saturated carbocycles. The smallest absolute Gasteiger partial charge is 0.426 e. The molecule has 2 aromatic heterocycles. The number of para-hydroxylation sites is 1. The number of likely N-dealkylation sites (N-methyl/N-ethyl adjacent to an activating group) is 1. The molecule has 6 aliphatic rings. The molecule has 6 amide bonds. The topological polar surface area (TPSA) is 618 Å². The molecule has 1 aliphatic carbocycles. The second-order valence-corrected chi connectivity index (χ2v) is 41.5. The number of hydrogen-bond donors (Lipinski definition) is 14. The third kappa shape index (κ3) is 30.8. The number of nitrogens with zero attached hydrogens (tertiary/aromatic N) is 5. The van der Waals surface area contributed by atoms with E-state index in [4.69, 9.17) is 59.9 Å². The van der Waals surface area contributed by atoms with Gasteiger partial charge in [-0.3, -0.25) is 73.1 Å². The van der Waals surface area contributed by atoms with Gasteiger partial charge in [0.25, 0.3) is 23.8 Å². The normalized spacial score (nSPS) is 22.0. The number of carbonyl (C=O) groups excluding carboxylic acids is 16. The Kier molecular flexibility index (Phi) is 46.7. The van der Waals surface area contributed by atoms with Gasteiger partial charge in [0.05, 0.1) is 47.7 Å². The van der Waals surface area contributed by atoms with Crippen LogP contribution in [0.25, 0.3) is 21.8 Å². The van der Waals surface area contributed by atoms with Gasteiger partial charge in [-0.05, 0) is 145 Å². The van der Waals surface area contributed by atoms with Crippen molar-refractivity contribution in [1.82, 2.24) is 61.8 Å². The van der Waals surface area contributed by atoms with E-state index in [1.807, 2.05) is 93.1 Å². The van der Waals surface area contributed by atoms with Gasteiger partial charge < -0.3 is 81.4 Å². The molecule has 3 fully saturated rings. The number of aromatic nitrogens is 3. The monoisotopic (exact) mass is 2090 g/mol. The first-order chi connectivity index (χ1) is 69.0. The minimum atomic E-state index is -2.55. The summed E-state index contributed by atoms with van der Waals surface area (Å²) in [7, 11) is 10.9. The zero-order valence-corrected chi connectivity index (χ0v) is 85.9. The number of carboxylic acid groups (broad SMARTS) is 2. The van der Waals surface area contributed by atoms with Gasteiger partial charge in [0.2, 0.25) is 23.7 Å². The lowest BCUT2D eigenvalue weighted by molar-refractivity contribution is -0.204. The van der Waals surface area contributed by atoms with Crippen molar-refractivity contribution in [2.24, 2.45) is 23.2 Å². The zero-order chi connectivity index (χ0) is 107. The fraction of sp³-hybridized carbons (Fsp3) is 0.525. The average molecular weight is 2090 g/mol. The molecule has 2 bridgehead atoms. The number of fused-ring (bicyclic) bond motifs is 7. The van der Waals surface area contributed by atoms with Gasteiger partial charge in [0, 0.05) is 163 Å². The van der Waals surface area contributed by atoms with E-state index in [0.29, 0.717) is 148 Å². The van der Waals surface area contributed by atoms with Crippen molar-refractivity contribution in [2.75, 3.05) is 120 Å². The van der Waals surface area contributed by atoms with Crippen LogP contribution in [0.5, 0.6) is 5.75 Å². The number of ether oxygens (including phenoxy) is 4. The first-order valence-electron chi connectivity index (χ1n) is 46.9. The number of piperidine rings is 1. The molecule has 145 heavy (non-hydrogen) atoms. The highest BCUT2D eigenvalue weighted by Crippen LogP contribution is 2.68. The maximum Gasteiger partial charge on any atom is 0.426 e. The molecule has 6 aromatic rings. The molecule has 2 unspecified atom stereocenters. The lowest BCUT2D eigenvalue weighted by atomic mass is 9.47. The number of aryl methyl sites for hydroxylation is 1. The standard InChI is InChI=1S/C57H78N8O13S2.C26H36N2O8S2.C13H14N4O.3CO2/c1-7-34(4)46(68)60-41(47(69)70)29-58-44(67)16-23-79-80-24-22-78-52(73)62-61-51(72)57(75)49-56(18-21-65-19-12-17-54(9-3,48(56)65)50(57)71)38-25-39(43(76-6)26-42(38)63(49)5)55(32-77-33-66)28-35-27-53(74,8-2)31-64(30-35)20-15-37-36-13-10-11-14-40(36)59-45(37)55;1-16-5-7-20(8-6-16)25(33)28-22(26(34)35)9-10-23(31)36-12-14-38-37-13-11-21(30)15-17(2)24(32)27-18(3)19(4)29;1-3-6-17(2)8-9-4-5-11-10(7-9)12(18)16-13(14)15-11;3*2-1-3/h10-14,17,25-26,33-35,41,48-50,59,71,74-75H,7-9,15-16,18-24,27-32H2,1-6H3,(H,58,67)(H,60,68)(H,61,72)(H,62,73)(H,69,70);5-8,17-18,22H,9-15H2,1-4H3,(H,27,32)(H,28,33)(H,34,35);1,4-5,7H,6,8H2,2H3,(H3,14,15,16,18);;;/t34-,35?,41+,48+,49-,50-,53+,54-,55+,56-,57-;17-,18+,22+;;;;/m11..../s1. The number of aromatic amines is 2. The lowest BCUT2D eigenvalue weighted by Gasteiger charge is -2.63. The highest BCUT2D eigenvalue weighted by Gasteiger charge is 2.79. The largest absolute Gasteiger partial charge is 0.496 e. The van der Waals surface area contributed by atoms with E-state index in [0.717, 1.165) is 51.0 Å². The molecule has 1 spiro atoms. The van der Waals surface area contributed by atoms with Crippen molar-refractivity contribution in [1.29, 1.82) is 0 Å². The number of Topliss-reactive ketones (excluding diaryl/α,β-unsaturated/α-hetero) is 2. The number of anilines is 2. The number of aliphatic carboxylic acids is 2. The summed E-state index contributed by atoms with van der Waals surface area (Å²) in [6, 6.07) is 19.9. The number of aliphatic hydroxyl groups excluding tert-OH is 1. The van der Waals surface area contributed by atoms with Crippen molar-refractivity contribution in [2.45, 2.75) is 197 Å². The Hall–Kier alpha value is -12.6. The number of methoxy groups -OCH3 is 1. The number of hydrogen-bond acceptors (Lipinski definition) is 36. The first-order valence-corrected chi connectivity index (χ1v) is 51.9. The first kappa shape index (κ1) is 119. The van der Waals surface area contributed by atoms with E-state index in [9.17, 15) is 83.1 Å². The number of nitrogens with two attached hydrogens (primary N) is 1. The van der Waals surface area contributed by atoms with E-state index < -0.39 is 117 Å². The van der Waals surface area contributed by atoms with Crippen molar-refractivity contribution in [3.05, 3.63) is 140 Å². The van der Waals surface area contributed by atoms with Gasteiger partial charge in [-0.1, -0.05) is 138 Å². The molecule has 7 heterocycles. The van der Waals surface area contributed by atoms with E-state index in [1.165, 1.54) is 50.1 Å². The van der Waals surface area contributed by atoms with Crippen LogP contribution in [-0.4, -0.2) is 303 Å². The lowest BCUT2D eigenvalue weighted by Crippen LogP contribution is -2.82. The van der Waals surface area contributed by atoms with Crippen LogP contribution in [0.2, 0.25) is 0 Å². The van der Waals surface area contributed by atoms with Crippen LogP contribution in [0, 0.1) is 42.4 Å². The number of aliphatic hydroxyl groups is 3. The number of carboxylic acids is 2. The minimum Gasteiger partial charge on any atom is -0.496 e. The Morgan fingerprint density at radius 2 is 1.41 bits per heavy atom. The van der Waals surface area contributed by atoms with Gasteiger partial charge in [-0.15, -0.1) is 6.42 Å². The van der Waals surface area contributed by atoms with E-state index >= 15 is 4.79 Å². The number of nitrogen functional groups attached to an aromatic ring is 1. The highest BCUT2D eigenvalue weighted by molar-refractivity contribution is 8.77. The summed E-state index contributed by atoms with van der Waals surface area (Å²) in [4.78, 5) is 228. The third-order valence-electron chi connectivity index (χ3n) is 26.7. The molecule has 15 N–H and O–H groups in total. The van der Waals surface area contributed by atoms with Gasteiger partial charge in [0.15, 0.2) is 11.4 Å². The van der Waals surface area contributed by atoms with Gasteiger partial charge in [0.1, 0.15) is 49.5 Å². The number of nitrogens with one attached hydrogen (secondary N) is 8. The fourth-order valence-electron chi connectivity index (χ4n) is 19.6. The molecule has 42 nitrogen and oxygen atoms in total. The van der Waals surface area contributed by atoms with Crippen molar-refractivity contribution < 1.29 is 131 Å². The molecule has 15 atom stereocenters. The van der Waals surface area contributed by atoms with Crippen LogP contribution in [0.15, 0.2) is 95.8 Å². The van der Waals surface area contributed by atoms with Gasteiger partial charge >= 0.3 is 42.5 Å². The quantitative estimate of drug-likeness (QED) is 0.00338. The predicted molar refractivity (Wildman–Crippen MR) is 537 cm³/mol. The molecule has 2 saturated heterocycles. The van der Waals surface area contributed by atoms with Crippen LogP contribution in [0.1, 0.15) is 163 Å². The Labute approximate surface area is 853 Å². The second kappa shape index (κ2) is 56.8. The molecule has 0 radical (unpaired) electrons. The van der Waals surface area contributed by atoms with Gasteiger partial charge in [-0.2, -0.15) is 28.8 Å². The number of terminal acetylenes is 1. The van der Waals surface area contributed by atoms with Crippen molar-refractivity contribution in [3.8, 4) is 18.1 Å². The average Bonchev–Trinajstić information content (AvgIpc) is 1.48. The zero-order valence-electron chi connectivity index (χ0n) is 82.7. The Morgan fingerprint density at radius 3 is 2.03 bits per heavy atom. The van der Waals surface area contributed by atoms with Crippen LogP contribution in [0.3, 0.4) is 0 Å². The molecule has 4 aromatic carbocycles. The van der Waals surface area contributed by atoms with Crippen LogP contribution in [0.4, 0.5) is 16.4 Å². The molecular weight excluding hydrogens is 1960 g/mol. The van der Waals surface area contributed by atoms with E-state index in [2.05, 4.69) is 74.9 Å². The van der Waals surface area contributed by atoms with Crippen molar-refractivity contribution in [3.63, 3.8) is 0 Å². The number of amides is 6. The Bertz CT molecular complexity index is 5760. The summed E-state index contributed by atoms with van der Waals surface area (Å²) in [6.45, 7) is 18.6. The Balaban J connectivity index is 0.000000359. The Morgan fingerprint density at radius 1 is 0.759 bits per heavy atom. The number of benzene rings is 4. The minimum absolute atomic E-state index is 0.0437. The molecular formula is C99H128N14O28S4. The second-order valence-electron chi connectivity index (χ2n) is 36.1. The predicted octanol–water partition coefficient (Wildman–Crippen LogP) is 5.29. The summed E-state index contributed by atoms with van der Waals surface area (Å²) in [6.07, 6.45) is 11.1. The van der Waals surface area contributed by atoms with Crippen LogP contribution >= 0.6 is 43.2 Å². The summed E-state index contributed by atoms with van der Waals surface area (Å²) < 4.78 is 23.0. The third-order valence-corrected chi connectivity index (χ3v) is 31.4. The van der Waals surface area contributed by atoms with Crippen molar-refractivity contribution >= 4 is 167 Å². The number of esters is 1. The maximum atomic E-state index is 15.0. The number of hydrazine groups is 1. The molecule has 786 valence electrons. The number of rotatable bonds is 42. The summed E-state index contributed by atoms with van der Waals surface area (Å²) >= 11 is 0. The summed E-state index contributed by atoms with van der Waals surface area (Å²) in [5.74, 6) is -1.97. The maximum absolute atomic E-state index is 15.0. The molecule has 12 rings (SSSR count).